The molecule has 4 nitrogen and oxygen atoms in total. The molecule has 26 heavy (non-hydrogen) atoms. The number of carbonyl (C=O) groups excluding carboxylic acids is 2. The van der Waals surface area contributed by atoms with Gasteiger partial charge in [0.2, 0.25) is 0 Å². The number of hydrogen-bond acceptors (Lipinski definition) is 5. The van der Waals surface area contributed by atoms with Gasteiger partial charge in [-0.15, -0.1) is 22.7 Å². The maximum absolute atomic E-state index is 12.5. The van der Waals surface area contributed by atoms with Crippen molar-refractivity contribution in [3.05, 3.63) is 61.6 Å². The molecule has 0 radical (unpaired) electrons. The van der Waals surface area contributed by atoms with Crippen LogP contribution in [0.25, 0.3) is 10.4 Å². The van der Waals surface area contributed by atoms with E-state index in [2.05, 4.69) is 5.32 Å². The Bertz CT molecular complexity index is 951. The van der Waals surface area contributed by atoms with E-state index in [-0.39, 0.29) is 12.2 Å². The van der Waals surface area contributed by atoms with Crippen LogP contribution in [-0.4, -0.2) is 18.5 Å². The van der Waals surface area contributed by atoms with Gasteiger partial charge in [-0.3, -0.25) is 4.79 Å². The normalized spacial score (nSPS) is 10.6. The van der Waals surface area contributed by atoms with Gasteiger partial charge in [-0.25, -0.2) is 4.79 Å². The molecule has 0 aliphatic carbocycles. The van der Waals surface area contributed by atoms with Gasteiger partial charge in [-0.2, -0.15) is 0 Å². The molecule has 0 atom stereocenters. The Morgan fingerprint density at radius 2 is 1.92 bits per heavy atom. The Labute approximate surface area is 168 Å². The molecule has 0 unspecified atom stereocenters. The van der Waals surface area contributed by atoms with Crippen LogP contribution in [0.2, 0.25) is 8.67 Å². The maximum Gasteiger partial charge on any atom is 0.341 e. The first-order chi connectivity index (χ1) is 12.5. The molecule has 2 aromatic heterocycles. The standard InChI is InChI=1S/C18H13Cl2NO3S2/c1-2-24-18(23)14-12(9-25-15(14)10-6-4-3-5-7-10)21-17(22)11-8-13(19)26-16(11)20/h3-9H,2H2,1H3,(H,21,22). The first-order valence-corrected chi connectivity index (χ1v) is 10.1. The van der Waals surface area contributed by atoms with Crippen molar-refractivity contribution < 1.29 is 14.3 Å². The lowest BCUT2D eigenvalue weighted by molar-refractivity contribution is 0.0529. The second kappa shape index (κ2) is 8.22. The van der Waals surface area contributed by atoms with Crippen LogP contribution in [0.4, 0.5) is 5.69 Å². The number of amides is 1. The van der Waals surface area contributed by atoms with Crippen molar-refractivity contribution in [2.24, 2.45) is 0 Å². The molecule has 3 aromatic rings. The summed E-state index contributed by atoms with van der Waals surface area (Å²) in [5, 5.41) is 4.46. The summed E-state index contributed by atoms with van der Waals surface area (Å²) in [4.78, 5) is 25.8. The summed E-state index contributed by atoms with van der Waals surface area (Å²) < 4.78 is 5.89. The molecule has 0 aliphatic rings. The maximum atomic E-state index is 12.5. The van der Waals surface area contributed by atoms with E-state index >= 15 is 0 Å². The minimum Gasteiger partial charge on any atom is -0.462 e. The molecule has 3 rings (SSSR count). The summed E-state index contributed by atoms with van der Waals surface area (Å²) in [7, 11) is 0. The highest BCUT2D eigenvalue weighted by Crippen LogP contribution is 2.37. The van der Waals surface area contributed by atoms with E-state index < -0.39 is 11.9 Å². The largest absolute Gasteiger partial charge is 0.462 e. The molecular formula is C18H13Cl2NO3S2. The van der Waals surface area contributed by atoms with Crippen molar-refractivity contribution in [2.45, 2.75) is 6.92 Å². The minimum atomic E-state index is -0.489. The van der Waals surface area contributed by atoms with Gasteiger partial charge < -0.3 is 10.1 Å². The zero-order valence-electron chi connectivity index (χ0n) is 13.5. The van der Waals surface area contributed by atoms with Gasteiger partial charge in [0.15, 0.2) is 0 Å². The van der Waals surface area contributed by atoms with Gasteiger partial charge in [0, 0.05) is 5.38 Å². The van der Waals surface area contributed by atoms with E-state index in [1.807, 2.05) is 30.3 Å². The van der Waals surface area contributed by atoms with Crippen LogP contribution in [0.5, 0.6) is 0 Å². The molecule has 1 aromatic carbocycles. The van der Waals surface area contributed by atoms with Crippen LogP contribution in [0.3, 0.4) is 0 Å². The van der Waals surface area contributed by atoms with E-state index in [9.17, 15) is 9.59 Å². The number of halogens is 2. The Balaban J connectivity index is 1.99. The Kier molecular flexibility index (Phi) is 5.98. The molecule has 0 spiro atoms. The summed E-state index contributed by atoms with van der Waals surface area (Å²) in [6, 6.07) is 11.0. The number of thiophene rings is 2. The third-order valence-electron chi connectivity index (χ3n) is 3.46. The lowest BCUT2D eigenvalue weighted by Crippen LogP contribution is -2.15. The van der Waals surface area contributed by atoms with Crippen molar-refractivity contribution in [2.75, 3.05) is 11.9 Å². The molecule has 0 bridgehead atoms. The molecule has 1 N–H and O–H groups in total. The fourth-order valence-electron chi connectivity index (χ4n) is 2.34. The van der Waals surface area contributed by atoms with Crippen molar-refractivity contribution in [3.8, 4) is 10.4 Å². The van der Waals surface area contributed by atoms with Crippen molar-refractivity contribution >= 4 is 63.4 Å². The van der Waals surface area contributed by atoms with E-state index in [4.69, 9.17) is 27.9 Å². The second-order valence-electron chi connectivity index (χ2n) is 5.13. The van der Waals surface area contributed by atoms with Crippen molar-refractivity contribution in [3.63, 3.8) is 0 Å². The highest BCUT2D eigenvalue weighted by atomic mass is 35.5. The predicted octanol–water partition coefficient (Wildman–Crippen LogP) is 6.21. The lowest BCUT2D eigenvalue weighted by Gasteiger charge is -2.08. The Hall–Kier alpha value is -1.86. The molecule has 2 heterocycles. The van der Waals surface area contributed by atoms with E-state index in [1.165, 1.54) is 17.4 Å². The quantitative estimate of drug-likeness (QED) is 0.494. The number of ether oxygens (including phenoxy) is 1. The second-order valence-corrected chi connectivity index (χ2v) is 8.30. The predicted molar refractivity (Wildman–Crippen MR) is 108 cm³/mol. The number of carbonyl (C=O) groups is 2. The van der Waals surface area contributed by atoms with Crippen molar-refractivity contribution in [1.29, 1.82) is 0 Å². The van der Waals surface area contributed by atoms with Crippen LogP contribution >= 0.6 is 45.9 Å². The number of esters is 1. The van der Waals surface area contributed by atoms with Crippen molar-refractivity contribution in [1.82, 2.24) is 0 Å². The highest BCUT2D eigenvalue weighted by molar-refractivity contribution is 7.20. The monoisotopic (exact) mass is 425 g/mol. The number of benzene rings is 1. The third-order valence-corrected chi connectivity index (χ3v) is 5.97. The van der Waals surface area contributed by atoms with Crippen LogP contribution in [0.15, 0.2) is 41.8 Å². The van der Waals surface area contributed by atoms with E-state index in [1.54, 1.807) is 12.3 Å². The molecule has 1 amide bonds. The van der Waals surface area contributed by atoms with Gasteiger partial charge in [-0.1, -0.05) is 53.5 Å². The summed E-state index contributed by atoms with van der Waals surface area (Å²) >= 11 is 14.4. The molecule has 0 saturated heterocycles. The molecule has 0 aliphatic heterocycles. The Morgan fingerprint density at radius 3 is 2.54 bits per heavy atom. The molecule has 8 heteroatoms. The summed E-state index contributed by atoms with van der Waals surface area (Å²) in [5.41, 5.74) is 1.85. The first-order valence-electron chi connectivity index (χ1n) is 7.61. The summed E-state index contributed by atoms with van der Waals surface area (Å²) in [6.07, 6.45) is 0. The van der Waals surface area contributed by atoms with Crippen LogP contribution in [0.1, 0.15) is 27.6 Å². The minimum absolute atomic E-state index is 0.238. The van der Waals surface area contributed by atoms with Gasteiger partial charge in [-0.05, 0) is 18.6 Å². The topological polar surface area (TPSA) is 55.4 Å². The van der Waals surface area contributed by atoms with Gasteiger partial charge in [0.25, 0.3) is 5.91 Å². The zero-order chi connectivity index (χ0) is 18.7. The smallest absolute Gasteiger partial charge is 0.341 e. The van der Waals surface area contributed by atoms with E-state index in [0.717, 1.165) is 21.8 Å². The Morgan fingerprint density at radius 1 is 1.19 bits per heavy atom. The molecule has 0 saturated carbocycles. The van der Waals surface area contributed by atoms with Crippen LogP contribution < -0.4 is 5.32 Å². The average Bonchev–Trinajstić information content (AvgIpc) is 3.18. The lowest BCUT2D eigenvalue weighted by atomic mass is 10.1. The zero-order valence-corrected chi connectivity index (χ0v) is 16.7. The van der Waals surface area contributed by atoms with E-state index in [0.29, 0.717) is 19.9 Å². The highest BCUT2D eigenvalue weighted by Gasteiger charge is 2.24. The van der Waals surface area contributed by atoms with Crippen LogP contribution in [0, 0.1) is 0 Å². The SMILES string of the molecule is CCOC(=O)c1c(NC(=O)c2cc(Cl)sc2Cl)csc1-c1ccccc1. The molecule has 0 fully saturated rings. The fourth-order valence-corrected chi connectivity index (χ4v) is 4.80. The van der Waals surface area contributed by atoms with Gasteiger partial charge >= 0.3 is 5.97 Å². The first kappa shape index (κ1) is 18.9. The summed E-state index contributed by atoms with van der Waals surface area (Å²) in [6.45, 7) is 1.97. The molecule has 134 valence electrons. The fraction of sp³-hybridized carbons (Fsp3) is 0.111. The van der Waals surface area contributed by atoms with Crippen LogP contribution in [-0.2, 0) is 4.74 Å². The number of anilines is 1. The average molecular weight is 426 g/mol. The number of nitrogens with one attached hydrogen (secondary N) is 1. The number of hydrogen-bond donors (Lipinski definition) is 1. The number of rotatable bonds is 5. The molecular weight excluding hydrogens is 413 g/mol. The summed E-state index contributed by atoms with van der Waals surface area (Å²) in [5.74, 6) is -0.918. The third kappa shape index (κ3) is 3.94. The van der Waals surface area contributed by atoms with Gasteiger partial charge in [0.1, 0.15) is 9.90 Å². The van der Waals surface area contributed by atoms with Gasteiger partial charge in [0.05, 0.1) is 27.1 Å².